The summed E-state index contributed by atoms with van der Waals surface area (Å²) in [6.07, 6.45) is 7.34. The van der Waals surface area contributed by atoms with Gasteiger partial charge in [-0.15, -0.1) is 0 Å². The van der Waals surface area contributed by atoms with Crippen molar-refractivity contribution in [1.29, 1.82) is 0 Å². The third-order valence-electron chi connectivity index (χ3n) is 3.69. The first-order chi connectivity index (χ1) is 8.16. The first-order valence-electron chi connectivity index (χ1n) is 6.73. The number of carbonyl (C=O) groups excluding carboxylic acids is 2. The van der Waals surface area contributed by atoms with Gasteiger partial charge in [-0.1, -0.05) is 12.8 Å². The second kappa shape index (κ2) is 5.52. The molecule has 0 spiro atoms. The number of hydrogen-bond donors (Lipinski definition) is 1. The normalized spacial score (nSPS) is 20.3. The highest BCUT2D eigenvalue weighted by molar-refractivity contribution is 5.78. The third kappa shape index (κ3) is 3.72. The van der Waals surface area contributed by atoms with E-state index in [0.29, 0.717) is 25.0 Å². The molecule has 0 atom stereocenters. The Morgan fingerprint density at radius 3 is 2.35 bits per heavy atom. The minimum atomic E-state index is 0.0983. The average molecular weight is 238 g/mol. The summed E-state index contributed by atoms with van der Waals surface area (Å²) in [5, 5.41) is 3.06. The number of amides is 2. The van der Waals surface area contributed by atoms with E-state index in [4.69, 9.17) is 0 Å². The molecule has 0 saturated heterocycles. The molecule has 2 aliphatic carbocycles. The molecule has 2 saturated carbocycles. The molecule has 0 bridgehead atoms. The fraction of sp³-hybridized carbons (Fsp3) is 0.846. The van der Waals surface area contributed by atoms with E-state index in [1.165, 1.54) is 12.8 Å². The highest BCUT2D eigenvalue weighted by Crippen LogP contribution is 2.26. The van der Waals surface area contributed by atoms with Crippen LogP contribution < -0.4 is 5.32 Å². The molecule has 2 amide bonds. The molecule has 2 fully saturated rings. The molecular weight excluding hydrogens is 216 g/mol. The van der Waals surface area contributed by atoms with Crippen molar-refractivity contribution in [2.24, 2.45) is 0 Å². The van der Waals surface area contributed by atoms with E-state index in [1.54, 1.807) is 6.92 Å². The fourth-order valence-electron chi connectivity index (χ4n) is 2.58. The lowest BCUT2D eigenvalue weighted by atomic mass is 10.2. The van der Waals surface area contributed by atoms with Crippen molar-refractivity contribution in [3.63, 3.8) is 0 Å². The summed E-state index contributed by atoms with van der Waals surface area (Å²) in [6.45, 7) is 2.17. The Hall–Kier alpha value is -1.06. The van der Waals surface area contributed by atoms with Crippen LogP contribution in [0.3, 0.4) is 0 Å². The average Bonchev–Trinajstić information content (AvgIpc) is 2.96. The van der Waals surface area contributed by atoms with Crippen LogP contribution in [0.4, 0.5) is 0 Å². The Morgan fingerprint density at radius 2 is 1.82 bits per heavy atom. The van der Waals surface area contributed by atoms with E-state index in [2.05, 4.69) is 5.32 Å². The number of carbonyl (C=O) groups is 2. The van der Waals surface area contributed by atoms with Gasteiger partial charge in [0.2, 0.25) is 11.8 Å². The van der Waals surface area contributed by atoms with Gasteiger partial charge in [-0.25, -0.2) is 0 Å². The van der Waals surface area contributed by atoms with Gasteiger partial charge < -0.3 is 10.2 Å². The van der Waals surface area contributed by atoms with E-state index < -0.39 is 0 Å². The maximum Gasteiger partial charge on any atom is 0.221 e. The number of nitrogens with one attached hydrogen (secondary N) is 1. The van der Waals surface area contributed by atoms with Gasteiger partial charge >= 0.3 is 0 Å². The zero-order chi connectivity index (χ0) is 12.3. The van der Waals surface area contributed by atoms with Crippen molar-refractivity contribution in [3.05, 3.63) is 0 Å². The number of rotatable bonds is 5. The zero-order valence-corrected chi connectivity index (χ0v) is 10.6. The smallest absolute Gasteiger partial charge is 0.221 e. The lowest BCUT2D eigenvalue weighted by Gasteiger charge is -2.20. The molecule has 0 aliphatic heterocycles. The molecule has 0 radical (unpaired) electrons. The van der Waals surface area contributed by atoms with Gasteiger partial charge in [0.25, 0.3) is 0 Å². The van der Waals surface area contributed by atoms with Crippen LogP contribution in [-0.4, -0.2) is 35.3 Å². The second-order valence-corrected chi connectivity index (χ2v) is 5.24. The van der Waals surface area contributed by atoms with Crippen molar-refractivity contribution >= 4 is 11.8 Å². The van der Waals surface area contributed by atoms with E-state index in [9.17, 15) is 9.59 Å². The topological polar surface area (TPSA) is 49.4 Å². The predicted molar refractivity (Wildman–Crippen MR) is 65.4 cm³/mol. The van der Waals surface area contributed by atoms with Crippen LogP contribution in [0.2, 0.25) is 0 Å². The summed E-state index contributed by atoms with van der Waals surface area (Å²) >= 11 is 0. The lowest BCUT2D eigenvalue weighted by Crippen LogP contribution is -2.38. The van der Waals surface area contributed by atoms with Crippen LogP contribution >= 0.6 is 0 Å². The third-order valence-corrected chi connectivity index (χ3v) is 3.69. The van der Waals surface area contributed by atoms with Crippen LogP contribution in [0.1, 0.15) is 51.9 Å². The molecule has 4 nitrogen and oxygen atoms in total. The van der Waals surface area contributed by atoms with Gasteiger partial charge in [0.05, 0.1) is 0 Å². The second-order valence-electron chi connectivity index (χ2n) is 5.24. The molecule has 2 rings (SSSR count). The van der Waals surface area contributed by atoms with Gasteiger partial charge in [0.1, 0.15) is 0 Å². The minimum Gasteiger partial charge on any atom is -0.353 e. The van der Waals surface area contributed by atoms with Gasteiger partial charge in [-0.3, -0.25) is 9.59 Å². The van der Waals surface area contributed by atoms with Crippen molar-refractivity contribution in [3.8, 4) is 0 Å². The predicted octanol–water partition coefficient (Wildman–Crippen LogP) is 1.45. The Balaban J connectivity index is 1.68. The summed E-state index contributed by atoms with van der Waals surface area (Å²) in [7, 11) is 0. The molecule has 4 heteroatoms. The molecule has 2 aliphatic rings. The molecule has 0 aromatic carbocycles. The molecule has 0 aromatic heterocycles. The van der Waals surface area contributed by atoms with Crippen molar-refractivity contribution in [2.75, 3.05) is 6.54 Å². The maximum absolute atomic E-state index is 11.7. The Morgan fingerprint density at radius 1 is 1.18 bits per heavy atom. The Kier molecular flexibility index (Phi) is 4.02. The molecule has 0 heterocycles. The highest BCUT2D eigenvalue weighted by atomic mass is 16.2. The zero-order valence-electron chi connectivity index (χ0n) is 10.6. The fourth-order valence-corrected chi connectivity index (χ4v) is 2.58. The first-order valence-corrected chi connectivity index (χ1v) is 6.73. The van der Waals surface area contributed by atoms with Gasteiger partial charge in [-0.2, -0.15) is 0 Å². The van der Waals surface area contributed by atoms with E-state index in [0.717, 1.165) is 25.7 Å². The summed E-state index contributed by atoms with van der Waals surface area (Å²) in [5.41, 5.74) is 0. The summed E-state index contributed by atoms with van der Waals surface area (Å²) in [5.74, 6) is 0.199. The van der Waals surface area contributed by atoms with Crippen LogP contribution in [-0.2, 0) is 9.59 Å². The van der Waals surface area contributed by atoms with E-state index >= 15 is 0 Å². The monoisotopic (exact) mass is 238 g/mol. The molecule has 0 unspecified atom stereocenters. The SMILES string of the molecule is CC(=O)N(CCC(=O)NC1CCCC1)C1CC1. The van der Waals surface area contributed by atoms with Crippen LogP contribution in [0.15, 0.2) is 0 Å². The van der Waals surface area contributed by atoms with Crippen molar-refractivity contribution < 1.29 is 9.59 Å². The van der Waals surface area contributed by atoms with Crippen LogP contribution in [0, 0.1) is 0 Å². The molecule has 96 valence electrons. The lowest BCUT2D eigenvalue weighted by molar-refractivity contribution is -0.130. The van der Waals surface area contributed by atoms with Gasteiger partial charge in [-0.05, 0) is 25.7 Å². The van der Waals surface area contributed by atoms with E-state index in [-0.39, 0.29) is 11.8 Å². The summed E-state index contributed by atoms with van der Waals surface area (Å²) in [4.78, 5) is 24.9. The van der Waals surface area contributed by atoms with E-state index in [1.807, 2.05) is 4.90 Å². The van der Waals surface area contributed by atoms with Crippen molar-refractivity contribution in [1.82, 2.24) is 10.2 Å². The van der Waals surface area contributed by atoms with Gasteiger partial charge in [0, 0.05) is 32.0 Å². The first kappa shape index (κ1) is 12.4. The maximum atomic E-state index is 11.7. The summed E-state index contributed by atoms with van der Waals surface area (Å²) < 4.78 is 0. The van der Waals surface area contributed by atoms with Crippen LogP contribution in [0.25, 0.3) is 0 Å². The summed E-state index contributed by atoms with van der Waals surface area (Å²) in [6, 6.07) is 0.793. The van der Waals surface area contributed by atoms with Crippen molar-refractivity contribution in [2.45, 2.75) is 64.0 Å². The largest absolute Gasteiger partial charge is 0.353 e. The molecular formula is C13H22N2O2. The highest BCUT2D eigenvalue weighted by Gasteiger charge is 2.30. The number of nitrogens with zero attached hydrogens (tertiary/aromatic N) is 1. The quantitative estimate of drug-likeness (QED) is 0.788. The Bertz CT molecular complexity index is 294. The minimum absolute atomic E-state index is 0.0983. The van der Waals surface area contributed by atoms with Crippen LogP contribution in [0.5, 0.6) is 0 Å². The number of hydrogen-bond acceptors (Lipinski definition) is 2. The molecule has 0 aromatic rings. The standard InChI is InChI=1S/C13H22N2O2/c1-10(16)15(12-6-7-12)9-8-13(17)14-11-4-2-3-5-11/h11-12H,2-9H2,1H3,(H,14,17). The molecule has 1 N–H and O–H groups in total. The molecule has 17 heavy (non-hydrogen) atoms. The van der Waals surface area contributed by atoms with Gasteiger partial charge in [0.15, 0.2) is 0 Å². The Labute approximate surface area is 103 Å².